The second-order valence-corrected chi connectivity index (χ2v) is 9.48. The summed E-state index contributed by atoms with van der Waals surface area (Å²) < 4.78 is 38.9. The smallest absolute Gasteiger partial charge is 0.363 e. The van der Waals surface area contributed by atoms with Crippen LogP contribution in [0.3, 0.4) is 0 Å². The average Bonchev–Trinajstić information content (AvgIpc) is 2.79. The highest BCUT2D eigenvalue weighted by atomic mass is 32.2. The quantitative estimate of drug-likeness (QED) is 0.519. The lowest BCUT2D eigenvalue weighted by atomic mass is 9.89. The number of rotatable bonds is 7. The molecule has 2 aromatic carbocycles. The number of para-hydroxylation sites is 1. The number of anilines is 2. The highest BCUT2D eigenvalue weighted by Crippen LogP contribution is 2.32. The van der Waals surface area contributed by atoms with Gasteiger partial charge in [0.25, 0.3) is 10.0 Å². The van der Waals surface area contributed by atoms with Crippen molar-refractivity contribution in [2.75, 3.05) is 23.7 Å². The van der Waals surface area contributed by atoms with Crippen molar-refractivity contribution in [1.29, 1.82) is 0 Å². The summed E-state index contributed by atoms with van der Waals surface area (Å²) in [5, 5.41) is 4.01. The SMILES string of the molecule is COc1ccc(S(=O)(=O)Nc2c(NCC3CCCCC3)c3ccccc3oc2=O)cc1. The van der Waals surface area contributed by atoms with E-state index in [1.807, 2.05) is 12.1 Å². The van der Waals surface area contributed by atoms with E-state index in [1.54, 1.807) is 24.3 Å². The maximum absolute atomic E-state index is 13.0. The molecule has 7 nitrogen and oxygen atoms in total. The third kappa shape index (κ3) is 4.69. The fraction of sp³-hybridized carbons (Fsp3) is 0.348. The van der Waals surface area contributed by atoms with Gasteiger partial charge in [0.05, 0.1) is 17.7 Å². The fourth-order valence-corrected chi connectivity index (χ4v) is 5.08. The Balaban J connectivity index is 1.71. The molecule has 8 heteroatoms. The average molecular weight is 443 g/mol. The number of hydrogen-bond acceptors (Lipinski definition) is 6. The van der Waals surface area contributed by atoms with Crippen molar-refractivity contribution >= 4 is 32.4 Å². The van der Waals surface area contributed by atoms with Crippen LogP contribution in [0.15, 0.2) is 62.6 Å². The maximum Gasteiger partial charge on any atom is 0.363 e. The lowest BCUT2D eigenvalue weighted by molar-refractivity contribution is 0.373. The largest absolute Gasteiger partial charge is 0.497 e. The molecule has 0 saturated heterocycles. The number of hydrogen-bond donors (Lipinski definition) is 2. The van der Waals surface area contributed by atoms with Crippen LogP contribution in [0.4, 0.5) is 11.4 Å². The summed E-state index contributed by atoms with van der Waals surface area (Å²) in [7, 11) is -2.49. The maximum atomic E-state index is 13.0. The molecule has 31 heavy (non-hydrogen) atoms. The molecule has 0 bridgehead atoms. The van der Waals surface area contributed by atoms with Crippen molar-refractivity contribution in [2.45, 2.75) is 37.0 Å². The summed E-state index contributed by atoms with van der Waals surface area (Å²) in [4.78, 5) is 12.8. The molecule has 2 N–H and O–H groups in total. The number of sulfonamides is 1. The molecule has 0 radical (unpaired) electrons. The summed E-state index contributed by atoms with van der Waals surface area (Å²) in [6.07, 6.45) is 5.89. The predicted molar refractivity (Wildman–Crippen MR) is 121 cm³/mol. The van der Waals surface area contributed by atoms with E-state index in [4.69, 9.17) is 9.15 Å². The zero-order chi connectivity index (χ0) is 21.8. The molecule has 0 unspecified atom stereocenters. The molecule has 1 fully saturated rings. The molecular formula is C23H26N2O5S. The molecule has 1 saturated carbocycles. The van der Waals surface area contributed by atoms with Gasteiger partial charge in [-0.3, -0.25) is 4.72 Å². The number of ether oxygens (including phenoxy) is 1. The Labute approximate surface area is 181 Å². The third-order valence-electron chi connectivity index (χ3n) is 5.71. The Kier molecular flexibility index (Phi) is 6.18. The second-order valence-electron chi connectivity index (χ2n) is 7.80. The summed E-state index contributed by atoms with van der Waals surface area (Å²) >= 11 is 0. The van der Waals surface area contributed by atoms with Gasteiger partial charge in [0.2, 0.25) is 0 Å². The van der Waals surface area contributed by atoms with E-state index in [-0.39, 0.29) is 10.6 Å². The van der Waals surface area contributed by atoms with Crippen molar-refractivity contribution in [3.63, 3.8) is 0 Å². The molecule has 0 atom stereocenters. The van der Waals surface area contributed by atoms with E-state index < -0.39 is 15.6 Å². The van der Waals surface area contributed by atoms with Crippen LogP contribution in [-0.4, -0.2) is 22.1 Å². The molecule has 3 aromatic rings. The predicted octanol–water partition coefficient (Wildman–Crippen LogP) is 4.59. The first-order valence-electron chi connectivity index (χ1n) is 10.4. The van der Waals surface area contributed by atoms with Gasteiger partial charge in [-0.05, 0) is 55.2 Å². The highest BCUT2D eigenvalue weighted by Gasteiger charge is 2.23. The van der Waals surface area contributed by atoms with Gasteiger partial charge in [0.1, 0.15) is 11.3 Å². The Morgan fingerprint density at radius 1 is 1.00 bits per heavy atom. The highest BCUT2D eigenvalue weighted by molar-refractivity contribution is 7.92. The molecule has 0 aliphatic heterocycles. The molecule has 4 rings (SSSR count). The van der Waals surface area contributed by atoms with Crippen LogP contribution in [0.5, 0.6) is 5.75 Å². The lowest BCUT2D eigenvalue weighted by Gasteiger charge is -2.23. The first-order valence-corrected chi connectivity index (χ1v) is 11.9. The molecule has 1 aliphatic rings. The number of methoxy groups -OCH3 is 1. The van der Waals surface area contributed by atoms with Crippen LogP contribution in [0.25, 0.3) is 11.0 Å². The summed E-state index contributed by atoms with van der Waals surface area (Å²) in [6, 6.07) is 13.1. The molecule has 1 heterocycles. The Bertz CT molecular complexity index is 1210. The van der Waals surface area contributed by atoms with Crippen molar-refractivity contribution in [2.24, 2.45) is 5.92 Å². The minimum absolute atomic E-state index is 0.0269. The topological polar surface area (TPSA) is 97.6 Å². The van der Waals surface area contributed by atoms with Crippen molar-refractivity contribution in [3.8, 4) is 5.75 Å². The van der Waals surface area contributed by atoms with Gasteiger partial charge in [-0.2, -0.15) is 0 Å². The van der Waals surface area contributed by atoms with Gasteiger partial charge >= 0.3 is 5.63 Å². The van der Waals surface area contributed by atoms with Crippen LogP contribution >= 0.6 is 0 Å². The summed E-state index contributed by atoms with van der Waals surface area (Å²) in [5.74, 6) is 1.03. The zero-order valence-electron chi connectivity index (χ0n) is 17.4. The van der Waals surface area contributed by atoms with Crippen LogP contribution in [0.2, 0.25) is 0 Å². The number of fused-ring (bicyclic) bond motifs is 1. The lowest BCUT2D eigenvalue weighted by Crippen LogP contribution is -2.23. The van der Waals surface area contributed by atoms with E-state index in [1.165, 1.54) is 38.5 Å². The normalized spacial score (nSPS) is 15.0. The van der Waals surface area contributed by atoms with Crippen LogP contribution < -0.4 is 20.4 Å². The number of benzene rings is 2. The van der Waals surface area contributed by atoms with Gasteiger partial charge in [-0.15, -0.1) is 0 Å². The molecule has 0 amide bonds. The summed E-state index contributed by atoms with van der Waals surface area (Å²) in [6.45, 7) is 0.671. The van der Waals surface area contributed by atoms with Gasteiger partial charge < -0.3 is 14.5 Å². The Hall–Kier alpha value is -3.00. The molecular weight excluding hydrogens is 416 g/mol. The minimum Gasteiger partial charge on any atom is -0.497 e. The molecule has 0 spiro atoms. The molecule has 1 aromatic heterocycles. The van der Waals surface area contributed by atoms with Gasteiger partial charge in [-0.25, -0.2) is 13.2 Å². The molecule has 164 valence electrons. The van der Waals surface area contributed by atoms with E-state index >= 15 is 0 Å². The van der Waals surface area contributed by atoms with Crippen LogP contribution in [0, 0.1) is 5.92 Å². The van der Waals surface area contributed by atoms with Gasteiger partial charge in [-0.1, -0.05) is 31.4 Å². The van der Waals surface area contributed by atoms with E-state index in [9.17, 15) is 13.2 Å². The van der Waals surface area contributed by atoms with Gasteiger partial charge in [0, 0.05) is 11.9 Å². The first-order chi connectivity index (χ1) is 15.0. The van der Waals surface area contributed by atoms with E-state index in [0.717, 1.165) is 12.8 Å². The Morgan fingerprint density at radius 2 is 1.71 bits per heavy atom. The standard InChI is InChI=1S/C23H26N2O5S/c1-29-17-11-13-18(14-12-17)31(27,28)25-22-21(24-15-16-7-3-2-4-8-16)19-9-5-6-10-20(19)30-23(22)26/h5-6,9-14,16,24-25H,2-4,7-8,15H2,1H3. The van der Waals surface area contributed by atoms with Crippen molar-refractivity contribution < 1.29 is 17.6 Å². The van der Waals surface area contributed by atoms with Crippen LogP contribution in [0.1, 0.15) is 32.1 Å². The van der Waals surface area contributed by atoms with Gasteiger partial charge in [0.15, 0.2) is 5.69 Å². The van der Waals surface area contributed by atoms with Crippen molar-refractivity contribution in [1.82, 2.24) is 0 Å². The molecule has 1 aliphatic carbocycles. The monoisotopic (exact) mass is 442 g/mol. The van der Waals surface area contributed by atoms with Crippen molar-refractivity contribution in [3.05, 3.63) is 59.0 Å². The fourth-order valence-electron chi connectivity index (χ4n) is 4.01. The number of nitrogens with one attached hydrogen (secondary N) is 2. The third-order valence-corrected chi connectivity index (χ3v) is 7.08. The second kappa shape index (κ2) is 9.01. The van der Waals surface area contributed by atoms with E-state index in [2.05, 4.69) is 10.0 Å². The first kappa shape index (κ1) is 21.2. The zero-order valence-corrected chi connectivity index (χ0v) is 18.2. The Morgan fingerprint density at radius 3 is 2.42 bits per heavy atom. The summed E-state index contributed by atoms with van der Waals surface area (Å²) in [5.41, 5.74) is 0.0211. The minimum atomic E-state index is -4.00. The van der Waals surface area contributed by atoms with Crippen LogP contribution in [-0.2, 0) is 10.0 Å². The van der Waals surface area contributed by atoms with E-state index in [0.29, 0.717) is 34.9 Å².